The summed E-state index contributed by atoms with van der Waals surface area (Å²) in [7, 11) is 0. The highest BCUT2D eigenvalue weighted by atomic mass is 79.9. The molecule has 0 atom stereocenters. The highest BCUT2D eigenvalue weighted by Crippen LogP contribution is 2.22. The van der Waals surface area contributed by atoms with E-state index in [1.165, 1.54) is 0 Å². The van der Waals surface area contributed by atoms with E-state index in [4.69, 9.17) is 10.3 Å². The van der Waals surface area contributed by atoms with Crippen molar-refractivity contribution in [1.29, 1.82) is 0 Å². The van der Waals surface area contributed by atoms with Crippen molar-refractivity contribution >= 4 is 28.3 Å². The molecule has 2 rings (SSSR count). The van der Waals surface area contributed by atoms with E-state index in [1.54, 1.807) is 0 Å². The minimum Gasteiger partial charge on any atom is -0.337 e. The van der Waals surface area contributed by atoms with Gasteiger partial charge >= 0.3 is 0 Å². The number of hydrogen-bond donors (Lipinski definition) is 1. The Morgan fingerprint density at radius 2 is 2.06 bits per heavy atom. The van der Waals surface area contributed by atoms with Crippen molar-refractivity contribution in [3.8, 4) is 11.4 Å². The van der Waals surface area contributed by atoms with Gasteiger partial charge in [-0.1, -0.05) is 33.2 Å². The molecule has 0 aliphatic rings. The van der Waals surface area contributed by atoms with Gasteiger partial charge in [0.05, 0.1) is 5.54 Å². The van der Waals surface area contributed by atoms with Gasteiger partial charge < -0.3 is 10.3 Å². The van der Waals surface area contributed by atoms with Gasteiger partial charge in [-0.05, 0) is 26.0 Å². The predicted molar refractivity (Wildman–Crippen MR) is 71.9 cm³/mol. The lowest BCUT2D eigenvalue weighted by atomic mass is 10.1. The molecule has 0 unspecified atom stereocenters. The highest BCUT2D eigenvalue weighted by Gasteiger charge is 2.22. The number of halogens is 2. The van der Waals surface area contributed by atoms with Gasteiger partial charge in [0, 0.05) is 10.0 Å². The molecule has 0 aliphatic carbocycles. The van der Waals surface area contributed by atoms with Crippen molar-refractivity contribution in [2.75, 3.05) is 0 Å². The van der Waals surface area contributed by atoms with Crippen LogP contribution in [-0.4, -0.2) is 10.1 Å². The normalized spacial score (nSPS) is 11.1. The molecule has 1 aromatic carbocycles. The topological polar surface area (TPSA) is 64.9 Å². The molecule has 1 aromatic heterocycles. The van der Waals surface area contributed by atoms with Crippen LogP contribution in [-0.2, 0) is 5.54 Å². The smallest absolute Gasteiger partial charge is 0.246 e. The van der Waals surface area contributed by atoms with E-state index in [2.05, 4.69) is 26.1 Å². The van der Waals surface area contributed by atoms with E-state index in [0.29, 0.717) is 11.7 Å². The van der Waals surface area contributed by atoms with Crippen LogP contribution in [0.25, 0.3) is 11.4 Å². The molecule has 1 heterocycles. The van der Waals surface area contributed by atoms with Crippen LogP contribution < -0.4 is 5.73 Å². The molecular formula is C11H13BrClN3O. The lowest BCUT2D eigenvalue weighted by Gasteiger charge is -2.10. The van der Waals surface area contributed by atoms with E-state index in [0.717, 1.165) is 10.0 Å². The maximum absolute atomic E-state index is 5.87. The van der Waals surface area contributed by atoms with Gasteiger partial charge in [0.1, 0.15) is 0 Å². The van der Waals surface area contributed by atoms with Gasteiger partial charge in [0.25, 0.3) is 0 Å². The Labute approximate surface area is 114 Å². The van der Waals surface area contributed by atoms with Crippen LogP contribution in [0.2, 0.25) is 0 Å². The molecule has 0 radical (unpaired) electrons. The summed E-state index contributed by atoms with van der Waals surface area (Å²) in [5.41, 5.74) is 6.16. The number of aromatic nitrogens is 2. The molecule has 2 N–H and O–H groups in total. The third kappa shape index (κ3) is 3.28. The first-order valence-corrected chi connectivity index (χ1v) is 5.65. The first-order chi connectivity index (χ1) is 7.47. The molecular weight excluding hydrogens is 305 g/mol. The van der Waals surface area contributed by atoms with Crippen LogP contribution in [0.1, 0.15) is 19.7 Å². The fourth-order valence-electron chi connectivity index (χ4n) is 1.23. The first kappa shape index (κ1) is 14.2. The zero-order valence-corrected chi connectivity index (χ0v) is 11.9. The average Bonchev–Trinajstić information content (AvgIpc) is 2.65. The van der Waals surface area contributed by atoms with E-state index in [1.807, 2.05) is 38.1 Å². The fraction of sp³-hybridized carbons (Fsp3) is 0.273. The monoisotopic (exact) mass is 317 g/mol. The molecule has 0 saturated heterocycles. The first-order valence-electron chi connectivity index (χ1n) is 4.86. The fourth-order valence-corrected chi connectivity index (χ4v) is 1.63. The molecule has 0 spiro atoms. The van der Waals surface area contributed by atoms with E-state index in [-0.39, 0.29) is 12.4 Å². The number of nitrogens with two attached hydrogens (primary N) is 1. The molecule has 0 aliphatic heterocycles. The Morgan fingerprint density at radius 1 is 1.35 bits per heavy atom. The SMILES string of the molecule is CC(C)(N)c1nc(-c2cccc(Br)c2)no1.Cl. The number of rotatable bonds is 2. The van der Waals surface area contributed by atoms with Crippen molar-refractivity contribution in [1.82, 2.24) is 10.1 Å². The largest absolute Gasteiger partial charge is 0.337 e. The molecule has 6 heteroatoms. The number of benzene rings is 1. The highest BCUT2D eigenvalue weighted by molar-refractivity contribution is 9.10. The van der Waals surface area contributed by atoms with Crippen molar-refractivity contribution in [2.24, 2.45) is 5.73 Å². The lowest BCUT2D eigenvalue weighted by molar-refractivity contribution is 0.312. The molecule has 0 saturated carbocycles. The summed E-state index contributed by atoms with van der Waals surface area (Å²) in [5, 5.41) is 3.91. The Kier molecular flexibility index (Phi) is 4.30. The predicted octanol–water partition coefficient (Wildman–Crippen LogP) is 3.11. The second kappa shape index (κ2) is 5.16. The Balaban J connectivity index is 0.00000144. The number of hydrogen-bond acceptors (Lipinski definition) is 4. The standard InChI is InChI=1S/C11H12BrN3O.ClH/c1-11(2,13)10-14-9(15-16-10)7-4-3-5-8(12)6-7;/h3-6H,13H2,1-2H3;1H. The molecule has 2 aromatic rings. The van der Waals surface area contributed by atoms with Gasteiger partial charge in [-0.25, -0.2) is 0 Å². The Hall–Kier alpha value is -0.910. The third-order valence-corrected chi connectivity index (χ3v) is 2.55. The van der Waals surface area contributed by atoms with E-state index < -0.39 is 5.54 Å². The average molecular weight is 319 g/mol. The van der Waals surface area contributed by atoms with Gasteiger partial charge in [0.15, 0.2) is 0 Å². The summed E-state index contributed by atoms with van der Waals surface area (Å²) in [4.78, 5) is 4.27. The van der Waals surface area contributed by atoms with Crippen LogP contribution in [0, 0.1) is 0 Å². The maximum Gasteiger partial charge on any atom is 0.246 e. The summed E-state index contributed by atoms with van der Waals surface area (Å²) in [6, 6.07) is 7.71. The third-order valence-electron chi connectivity index (χ3n) is 2.06. The van der Waals surface area contributed by atoms with E-state index >= 15 is 0 Å². The summed E-state index contributed by atoms with van der Waals surface area (Å²) >= 11 is 3.39. The van der Waals surface area contributed by atoms with Gasteiger partial charge in [-0.3, -0.25) is 0 Å². The van der Waals surface area contributed by atoms with Gasteiger partial charge in [0.2, 0.25) is 11.7 Å². The zero-order chi connectivity index (χ0) is 11.8. The molecule has 0 amide bonds. The summed E-state index contributed by atoms with van der Waals surface area (Å²) in [6.07, 6.45) is 0. The lowest BCUT2D eigenvalue weighted by Crippen LogP contribution is -2.28. The minimum atomic E-state index is -0.614. The van der Waals surface area contributed by atoms with Crippen LogP contribution in [0.4, 0.5) is 0 Å². The Bertz CT molecular complexity index is 507. The summed E-state index contributed by atoms with van der Waals surface area (Å²) < 4.78 is 6.10. The van der Waals surface area contributed by atoms with Crippen LogP contribution >= 0.6 is 28.3 Å². The van der Waals surface area contributed by atoms with Gasteiger partial charge in [-0.15, -0.1) is 12.4 Å². The molecule has 17 heavy (non-hydrogen) atoms. The van der Waals surface area contributed by atoms with Crippen LogP contribution in [0.5, 0.6) is 0 Å². The molecule has 4 nitrogen and oxygen atoms in total. The quantitative estimate of drug-likeness (QED) is 0.924. The minimum absolute atomic E-state index is 0. The Morgan fingerprint density at radius 3 is 2.59 bits per heavy atom. The van der Waals surface area contributed by atoms with Crippen molar-refractivity contribution in [3.63, 3.8) is 0 Å². The molecule has 0 bridgehead atoms. The maximum atomic E-state index is 5.87. The molecule has 0 fully saturated rings. The summed E-state index contributed by atoms with van der Waals surface area (Å²) in [5.74, 6) is 0.984. The molecule has 92 valence electrons. The van der Waals surface area contributed by atoms with Crippen LogP contribution in [0.15, 0.2) is 33.3 Å². The van der Waals surface area contributed by atoms with Gasteiger partial charge in [-0.2, -0.15) is 4.98 Å². The zero-order valence-electron chi connectivity index (χ0n) is 9.48. The van der Waals surface area contributed by atoms with Crippen molar-refractivity contribution in [3.05, 3.63) is 34.6 Å². The van der Waals surface area contributed by atoms with Crippen molar-refractivity contribution in [2.45, 2.75) is 19.4 Å². The summed E-state index contributed by atoms with van der Waals surface area (Å²) in [6.45, 7) is 3.65. The van der Waals surface area contributed by atoms with Crippen LogP contribution in [0.3, 0.4) is 0 Å². The van der Waals surface area contributed by atoms with Crippen molar-refractivity contribution < 1.29 is 4.52 Å². The second-order valence-corrected chi connectivity index (χ2v) is 5.07. The van der Waals surface area contributed by atoms with E-state index in [9.17, 15) is 0 Å². The number of nitrogens with zero attached hydrogens (tertiary/aromatic N) is 2. The second-order valence-electron chi connectivity index (χ2n) is 4.16.